The molecule has 0 bridgehead atoms. The molecule has 1 saturated carbocycles. The SMILES string of the molecule is COc1cc(C(=O)NC2CC2)ccc1Nc1ncc(-c2ccc(C#N)c(O[C@@H](C)Cn3cncn3)c2)cn1. The molecule has 0 radical (unpaired) electrons. The average Bonchev–Trinajstić information content (AvgIpc) is 3.60. The van der Waals surface area contributed by atoms with Gasteiger partial charge in [-0.05, 0) is 55.7 Å². The second kappa shape index (κ2) is 11.0. The van der Waals surface area contributed by atoms with Gasteiger partial charge in [-0.1, -0.05) is 6.07 Å². The van der Waals surface area contributed by atoms with Gasteiger partial charge in [0.15, 0.2) is 0 Å². The summed E-state index contributed by atoms with van der Waals surface area (Å²) < 4.78 is 13.2. The smallest absolute Gasteiger partial charge is 0.251 e. The molecule has 0 unspecified atom stereocenters. The Morgan fingerprint density at radius 2 is 1.97 bits per heavy atom. The molecule has 0 saturated heterocycles. The summed E-state index contributed by atoms with van der Waals surface area (Å²) in [5.41, 5.74) is 3.17. The first-order chi connectivity index (χ1) is 18.5. The van der Waals surface area contributed by atoms with Crippen LogP contribution in [0.4, 0.5) is 11.6 Å². The number of benzene rings is 2. The normalized spacial score (nSPS) is 13.3. The summed E-state index contributed by atoms with van der Waals surface area (Å²) in [4.78, 5) is 25.2. The Balaban J connectivity index is 1.29. The van der Waals surface area contributed by atoms with Crippen LogP contribution >= 0.6 is 0 Å². The van der Waals surface area contributed by atoms with Gasteiger partial charge >= 0.3 is 0 Å². The lowest BCUT2D eigenvalue weighted by molar-refractivity contribution is 0.0950. The molecule has 1 aliphatic carbocycles. The van der Waals surface area contributed by atoms with Crippen molar-refractivity contribution in [3.63, 3.8) is 0 Å². The number of anilines is 2. The zero-order chi connectivity index (χ0) is 26.5. The third kappa shape index (κ3) is 5.87. The fraction of sp³-hybridized carbons (Fsp3) is 0.259. The van der Waals surface area contributed by atoms with E-state index < -0.39 is 0 Å². The second-order valence-electron chi connectivity index (χ2n) is 8.95. The van der Waals surface area contributed by atoms with Gasteiger partial charge in [0.25, 0.3) is 5.91 Å². The predicted molar refractivity (Wildman–Crippen MR) is 139 cm³/mol. The topological polar surface area (TPSA) is 140 Å². The number of hydrogen-bond acceptors (Lipinski definition) is 9. The minimum absolute atomic E-state index is 0.114. The first-order valence-electron chi connectivity index (χ1n) is 12.1. The maximum Gasteiger partial charge on any atom is 0.251 e. The molecule has 0 spiro atoms. The number of nitriles is 1. The highest BCUT2D eigenvalue weighted by atomic mass is 16.5. The average molecular weight is 511 g/mol. The Hall–Kier alpha value is -4.98. The zero-order valence-corrected chi connectivity index (χ0v) is 21.0. The van der Waals surface area contributed by atoms with Crippen molar-refractivity contribution in [1.82, 2.24) is 30.0 Å². The summed E-state index contributed by atoms with van der Waals surface area (Å²) in [5.74, 6) is 1.23. The summed E-state index contributed by atoms with van der Waals surface area (Å²) in [6, 6.07) is 13.0. The number of nitrogens with zero attached hydrogens (tertiary/aromatic N) is 6. The molecule has 11 heteroatoms. The molecule has 2 aromatic carbocycles. The second-order valence-corrected chi connectivity index (χ2v) is 8.95. The molecule has 2 heterocycles. The van der Waals surface area contributed by atoms with Crippen molar-refractivity contribution in [2.24, 2.45) is 0 Å². The van der Waals surface area contributed by atoms with Crippen LogP contribution in [0.1, 0.15) is 35.7 Å². The zero-order valence-electron chi connectivity index (χ0n) is 21.0. The lowest BCUT2D eigenvalue weighted by Crippen LogP contribution is -2.25. The Morgan fingerprint density at radius 1 is 1.16 bits per heavy atom. The summed E-state index contributed by atoms with van der Waals surface area (Å²) in [5, 5.41) is 19.7. The lowest BCUT2D eigenvalue weighted by atomic mass is 10.1. The lowest BCUT2D eigenvalue weighted by Gasteiger charge is -2.16. The van der Waals surface area contributed by atoms with Crippen LogP contribution in [-0.2, 0) is 6.54 Å². The highest BCUT2D eigenvalue weighted by Crippen LogP contribution is 2.30. The number of rotatable bonds is 10. The fourth-order valence-electron chi connectivity index (χ4n) is 3.83. The van der Waals surface area contributed by atoms with E-state index in [1.165, 1.54) is 6.33 Å². The van der Waals surface area contributed by atoms with Gasteiger partial charge < -0.3 is 20.1 Å². The third-order valence-electron chi connectivity index (χ3n) is 5.95. The molecule has 1 amide bonds. The van der Waals surface area contributed by atoms with Crippen molar-refractivity contribution in [2.75, 3.05) is 12.4 Å². The van der Waals surface area contributed by atoms with Gasteiger partial charge in [0.2, 0.25) is 5.95 Å². The number of nitrogens with one attached hydrogen (secondary N) is 2. The number of aromatic nitrogens is 5. The molecule has 38 heavy (non-hydrogen) atoms. The molecular formula is C27H26N8O3. The minimum atomic E-state index is -0.233. The van der Waals surface area contributed by atoms with Crippen molar-refractivity contribution in [3.8, 4) is 28.7 Å². The first-order valence-corrected chi connectivity index (χ1v) is 12.1. The van der Waals surface area contributed by atoms with E-state index in [9.17, 15) is 10.1 Å². The number of methoxy groups -OCH3 is 1. The first kappa shape index (κ1) is 24.7. The Bertz CT molecular complexity index is 1460. The Morgan fingerprint density at radius 3 is 2.66 bits per heavy atom. The van der Waals surface area contributed by atoms with Crippen LogP contribution in [0.3, 0.4) is 0 Å². The Kier molecular flexibility index (Phi) is 7.13. The summed E-state index contributed by atoms with van der Waals surface area (Å²) in [6.07, 6.45) is 8.26. The van der Waals surface area contributed by atoms with Crippen LogP contribution in [0.5, 0.6) is 11.5 Å². The van der Waals surface area contributed by atoms with Gasteiger partial charge in [0.05, 0.1) is 24.9 Å². The van der Waals surface area contributed by atoms with Crippen LogP contribution in [0, 0.1) is 11.3 Å². The van der Waals surface area contributed by atoms with Crippen LogP contribution in [0.25, 0.3) is 11.1 Å². The van der Waals surface area contributed by atoms with E-state index in [2.05, 4.69) is 36.8 Å². The van der Waals surface area contributed by atoms with Crippen molar-refractivity contribution in [2.45, 2.75) is 38.5 Å². The van der Waals surface area contributed by atoms with E-state index in [1.807, 2.05) is 13.0 Å². The minimum Gasteiger partial charge on any atom is -0.495 e. The van der Waals surface area contributed by atoms with Crippen LogP contribution < -0.4 is 20.1 Å². The number of hydrogen-bond donors (Lipinski definition) is 2. The molecule has 192 valence electrons. The molecule has 11 nitrogen and oxygen atoms in total. The maximum absolute atomic E-state index is 12.4. The van der Waals surface area contributed by atoms with E-state index in [4.69, 9.17) is 9.47 Å². The molecule has 1 fully saturated rings. The summed E-state index contributed by atoms with van der Waals surface area (Å²) in [6.45, 7) is 2.40. The van der Waals surface area contributed by atoms with Gasteiger partial charge in [-0.15, -0.1) is 0 Å². The van der Waals surface area contributed by atoms with Gasteiger partial charge in [-0.25, -0.2) is 19.6 Å². The van der Waals surface area contributed by atoms with Crippen molar-refractivity contribution >= 4 is 17.5 Å². The van der Waals surface area contributed by atoms with Crippen LogP contribution in [0.15, 0.2) is 61.4 Å². The highest BCUT2D eigenvalue weighted by Gasteiger charge is 2.24. The van der Waals surface area contributed by atoms with Crippen LogP contribution in [0.2, 0.25) is 0 Å². The number of carbonyl (C=O) groups is 1. The third-order valence-corrected chi connectivity index (χ3v) is 5.95. The summed E-state index contributed by atoms with van der Waals surface area (Å²) in [7, 11) is 1.55. The maximum atomic E-state index is 12.4. The number of carbonyl (C=O) groups excluding carboxylic acids is 1. The monoisotopic (exact) mass is 510 g/mol. The van der Waals surface area contributed by atoms with E-state index in [-0.39, 0.29) is 18.1 Å². The van der Waals surface area contributed by atoms with Gasteiger partial charge in [0, 0.05) is 29.6 Å². The largest absolute Gasteiger partial charge is 0.495 e. The quantitative estimate of drug-likeness (QED) is 0.327. The molecule has 2 N–H and O–H groups in total. The van der Waals surface area contributed by atoms with Crippen LogP contribution in [-0.4, -0.2) is 49.9 Å². The van der Waals surface area contributed by atoms with Crippen molar-refractivity contribution in [3.05, 3.63) is 72.6 Å². The Labute approximate surface area is 219 Å². The molecular weight excluding hydrogens is 484 g/mol. The molecule has 1 atom stereocenters. The number of ether oxygens (including phenoxy) is 2. The fourth-order valence-corrected chi connectivity index (χ4v) is 3.83. The molecule has 5 rings (SSSR count). The van der Waals surface area contributed by atoms with E-state index >= 15 is 0 Å². The van der Waals surface area contributed by atoms with Crippen molar-refractivity contribution in [1.29, 1.82) is 5.26 Å². The molecule has 2 aromatic heterocycles. The van der Waals surface area contributed by atoms with Gasteiger partial charge in [-0.3, -0.25) is 4.79 Å². The predicted octanol–water partition coefficient (Wildman–Crippen LogP) is 3.72. The standard InChI is InChI=1S/C27H26N8O3/c1-17(14-35-16-29-15-32-35)38-24-9-18(3-4-20(24)11-28)21-12-30-27(31-13-21)34-23-8-5-19(10-25(23)37-2)26(36)33-22-6-7-22/h3-5,8-10,12-13,15-17,22H,6-7,14H2,1-2H3,(H,33,36)(H,30,31,34)/t17-/m0/s1. The highest BCUT2D eigenvalue weighted by molar-refractivity contribution is 5.95. The van der Waals surface area contributed by atoms with E-state index in [1.54, 1.807) is 60.8 Å². The van der Waals surface area contributed by atoms with E-state index in [0.717, 1.165) is 24.0 Å². The van der Waals surface area contributed by atoms with Gasteiger partial charge in [0.1, 0.15) is 36.3 Å². The molecule has 0 aliphatic heterocycles. The summed E-state index contributed by atoms with van der Waals surface area (Å²) >= 11 is 0. The molecule has 1 aliphatic rings. The molecule has 4 aromatic rings. The van der Waals surface area contributed by atoms with Gasteiger partial charge in [-0.2, -0.15) is 10.4 Å². The van der Waals surface area contributed by atoms with E-state index in [0.29, 0.717) is 40.8 Å². The number of amides is 1. The van der Waals surface area contributed by atoms with Crippen molar-refractivity contribution < 1.29 is 14.3 Å².